The summed E-state index contributed by atoms with van der Waals surface area (Å²) in [4.78, 5) is 4.57. The van der Waals surface area contributed by atoms with Crippen molar-refractivity contribution in [1.29, 1.82) is 0 Å². The fourth-order valence-electron chi connectivity index (χ4n) is 2.20. The number of thiazole rings is 1. The molecule has 2 heterocycles. The monoisotopic (exact) mass is 300 g/mol. The van der Waals surface area contributed by atoms with Crippen LogP contribution in [-0.4, -0.2) is 18.9 Å². The SMILES string of the molecule is COc1cccc(Nc2nc3cc4c(cc3s2)OCO4)c1. The first kappa shape index (κ1) is 12.3. The lowest BCUT2D eigenvalue weighted by atomic mass is 10.3. The molecular formula is C15H12N2O3S. The minimum absolute atomic E-state index is 0.279. The standard InChI is InChI=1S/C15H12N2O3S/c1-18-10-4-2-3-9(5-10)16-15-17-11-6-12-13(20-8-19-12)7-14(11)21-15/h2-7H,8H2,1H3,(H,16,17). The van der Waals surface area contributed by atoms with Gasteiger partial charge >= 0.3 is 0 Å². The van der Waals surface area contributed by atoms with Gasteiger partial charge in [0.2, 0.25) is 6.79 Å². The van der Waals surface area contributed by atoms with Crippen LogP contribution in [0.2, 0.25) is 0 Å². The van der Waals surface area contributed by atoms with Crippen LogP contribution in [0.3, 0.4) is 0 Å². The smallest absolute Gasteiger partial charge is 0.231 e. The van der Waals surface area contributed by atoms with Gasteiger partial charge in [-0.1, -0.05) is 17.4 Å². The Labute approximate surface area is 125 Å². The lowest BCUT2D eigenvalue weighted by molar-refractivity contribution is 0.174. The summed E-state index contributed by atoms with van der Waals surface area (Å²) in [5, 5.41) is 4.11. The molecule has 0 saturated carbocycles. The summed E-state index contributed by atoms with van der Waals surface area (Å²) in [6, 6.07) is 11.6. The van der Waals surface area contributed by atoms with E-state index in [9.17, 15) is 0 Å². The molecule has 0 unspecified atom stereocenters. The van der Waals surface area contributed by atoms with E-state index in [1.165, 1.54) is 0 Å². The maximum absolute atomic E-state index is 5.38. The number of benzene rings is 2. The topological polar surface area (TPSA) is 52.6 Å². The van der Waals surface area contributed by atoms with E-state index in [0.717, 1.165) is 38.3 Å². The van der Waals surface area contributed by atoms with E-state index >= 15 is 0 Å². The first-order valence-electron chi connectivity index (χ1n) is 6.43. The number of nitrogens with one attached hydrogen (secondary N) is 1. The Morgan fingerprint density at radius 2 is 2.05 bits per heavy atom. The Morgan fingerprint density at radius 3 is 2.90 bits per heavy atom. The predicted octanol–water partition coefficient (Wildman–Crippen LogP) is 3.78. The maximum atomic E-state index is 5.38. The highest BCUT2D eigenvalue weighted by Crippen LogP contribution is 2.39. The number of nitrogens with zero attached hydrogens (tertiary/aromatic N) is 1. The van der Waals surface area contributed by atoms with Crippen LogP contribution in [0.25, 0.3) is 10.2 Å². The molecule has 2 aromatic carbocycles. The fourth-order valence-corrected chi connectivity index (χ4v) is 3.09. The quantitative estimate of drug-likeness (QED) is 0.798. The van der Waals surface area contributed by atoms with Gasteiger partial charge in [-0.3, -0.25) is 0 Å². The molecule has 0 aliphatic carbocycles. The molecule has 106 valence electrons. The molecule has 1 aliphatic rings. The third-order valence-electron chi connectivity index (χ3n) is 3.20. The molecule has 0 bridgehead atoms. The zero-order valence-electron chi connectivity index (χ0n) is 11.3. The molecule has 5 nitrogen and oxygen atoms in total. The molecule has 0 amide bonds. The molecule has 0 spiro atoms. The van der Waals surface area contributed by atoms with Crippen LogP contribution >= 0.6 is 11.3 Å². The van der Waals surface area contributed by atoms with Crippen molar-refractivity contribution in [3.63, 3.8) is 0 Å². The highest BCUT2D eigenvalue weighted by Gasteiger charge is 2.16. The normalized spacial score (nSPS) is 12.6. The van der Waals surface area contributed by atoms with Crippen molar-refractivity contribution in [1.82, 2.24) is 4.98 Å². The summed E-state index contributed by atoms with van der Waals surface area (Å²) in [7, 11) is 1.65. The average Bonchev–Trinajstić information content (AvgIpc) is 3.09. The number of methoxy groups -OCH3 is 1. The summed E-state index contributed by atoms with van der Waals surface area (Å²) in [5.74, 6) is 2.33. The predicted molar refractivity (Wildman–Crippen MR) is 82.0 cm³/mol. The van der Waals surface area contributed by atoms with Crippen LogP contribution in [0, 0.1) is 0 Å². The summed E-state index contributed by atoms with van der Waals surface area (Å²) >= 11 is 1.57. The van der Waals surface area contributed by atoms with E-state index in [-0.39, 0.29) is 6.79 Å². The van der Waals surface area contributed by atoms with Gasteiger partial charge in [0, 0.05) is 23.9 Å². The molecule has 1 aliphatic heterocycles. The van der Waals surface area contributed by atoms with Gasteiger partial charge in [-0.15, -0.1) is 0 Å². The molecule has 0 saturated heterocycles. The van der Waals surface area contributed by atoms with E-state index in [1.807, 2.05) is 36.4 Å². The fraction of sp³-hybridized carbons (Fsp3) is 0.133. The van der Waals surface area contributed by atoms with E-state index in [2.05, 4.69) is 10.3 Å². The second-order valence-electron chi connectivity index (χ2n) is 4.55. The molecular weight excluding hydrogens is 288 g/mol. The van der Waals surface area contributed by atoms with Crippen molar-refractivity contribution < 1.29 is 14.2 Å². The van der Waals surface area contributed by atoms with Crippen molar-refractivity contribution in [3.8, 4) is 17.2 Å². The number of hydrogen-bond acceptors (Lipinski definition) is 6. The Bertz CT molecular complexity index is 775. The van der Waals surface area contributed by atoms with E-state index < -0.39 is 0 Å². The average molecular weight is 300 g/mol. The summed E-state index contributed by atoms with van der Waals surface area (Å²) in [5.41, 5.74) is 1.84. The van der Waals surface area contributed by atoms with Crippen LogP contribution in [0.15, 0.2) is 36.4 Å². The summed E-state index contributed by atoms with van der Waals surface area (Å²) < 4.78 is 17.0. The second kappa shape index (κ2) is 4.82. The van der Waals surface area contributed by atoms with Crippen molar-refractivity contribution in [2.24, 2.45) is 0 Å². The van der Waals surface area contributed by atoms with Crippen LogP contribution in [0.1, 0.15) is 0 Å². The molecule has 1 N–H and O–H groups in total. The number of rotatable bonds is 3. The largest absolute Gasteiger partial charge is 0.497 e. The number of fused-ring (bicyclic) bond motifs is 2. The third-order valence-corrected chi connectivity index (χ3v) is 4.14. The number of hydrogen-bond donors (Lipinski definition) is 1. The van der Waals surface area contributed by atoms with Gasteiger partial charge in [0.15, 0.2) is 16.6 Å². The Hall–Kier alpha value is -2.47. The van der Waals surface area contributed by atoms with Crippen LogP contribution < -0.4 is 19.5 Å². The first-order chi connectivity index (χ1) is 10.3. The van der Waals surface area contributed by atoms with Gasteiger partial charge < -0.3 is 19.5 Å². The lowest BCUT2D eigenvalue weighted by Gasteiger charge is -2.04. The molecule has 1 aromatic heterocycles. The summed E-state index contributed by atoms with van der Waals surface area (Å²) in [6.45, 7) is 0.279. The Balaban J connectivity index is 1.67. The van der Waals surface area contributed by atoms with Crippen molar-refractivity contribution in [2.45, 2.75) is 0 Å². The first-order valence-corrected chi connectivity index (χ1v) is 7.25. The minimum Gasteiger partial charge on any atom is -0.497 e. The maximum Gasteiger partial charge on any atom is 0.231 e. The van der Waals surface area contributed by atoms with Crippen molar-refractivity contribution in [2.75, 3.05) is 19.2 Å². The summed E-state index contributed by atoms with van der Waals surface area (Å²) in [6.07, 6.45) is 0. The second-order valence-corrected chi connectivity index (χ2v) is 5.58. The van der Waals surface area contributed by atoms with Gasteiger partial charge in [-0.05, 0) is 12.1 Å². The number of anilines is 2. The van der Waals surface area contributed by atoms with Gasteiger partial charge in [0.05, 0.1) is 17.3 Å². The number of aromatic nitrogens is 1. The van der Waals surface area contributed by atoms with Gasteiger partial charge in [-0.2, -0.15) is 0 Å². The molecule has 6 heteroatoms. The van der Waals surface area contributed by atoms with E-state index in [4.69, 9.17) is 14.2 Å². The molecule has 0 radical (unpaired) electrons. The lowest BCUT2D eigenvalue weighted by Crippen LogP contribution is -1.92. The van der Waals surface area contributed by atoms with Crippen LogP contribution in [0.4, 0.5) is 10.8 Å². The Kier molecular flexibility index (Phi) is 2.82. The van der Waals surface area contributed by atoms with Crippen LogP contribution in [-0.2, 0) is 0 Å². The third kappa shape index (κ3) is 2.23. The molecule has 0 atom stereocenters. The van der Waals surface area contributed by atoms with Gasteiger partial charge in [0.25, 0.3) is 0 Å². The van der Waals surface area contributed by atoms with Gasteiger partial charge in [-0.25, -0.2) is 4.98 Å². The highest BCUT2D eigenvalue weighted by molar-refractivity contribution is 7.22. The van der Waals surface area contributed by atoms with E-state index in [1.54, 1.807) is 18.4 Å². The van der Waals surface area contributed by atoms with Crippen molar-refractivity contribution in [3.05, 3.63) is 36.4 Å². The van der Waals surface area contributed by atoms with Crippen molar-refractivity contribution >= 4 is 32.4 Å². The van der Waals surface area contributed by atoms with E-state index in [0.29, 0.717) is 0 Å². The zero-order valence-corrected chi connectivity index (χ0v) is 12.1. The zero-order chi connectivity index (χ0) is 14.2. The van der Waals surface area contributed by atoms with Crippen LogP contribution in [0.5, 0.6) is 17.2 Å². The van der Waals surface area contributed by atoms with Gasteiger partial charge in [0.1, 0.15) is 5.75 Å². The number of ether oxygens (including phenoxy) is 3. The minimum atomic E-state index is 0.279. The molecule has 0 fully saturated rings. The highest BCUT2D eigenvalue weighted by atomic mass is 32.1. The molecule has 4 rings (SSSR count). The molecule has 3 aromatic rings. The molecule has 21 heavy (non-hydrogen) atoms. The Morgan fingerprint density at radius 1 is 1.19 bits per heavy atom.